The van der Waals surface area contributed by atoms with Crippen molar-refractivity contribution in [2.45, 2.75) is 39.3 Å². The van der Waals surface area contributed by atoms with Crippen molar-refractivity contribution >= 4 is 0 Å². The normalized spacial score (nSPS) is 14.5. The van der Waals surface area contributed by atoms with E-state index in [-0.39, 0.29) is 18.2 Å². The zero-order valence-electron chi connectivity index (χ0n) is 10.9. The van der Waals surface area contributed by atoms with Crippen molar-refractivity contribution in [1.82, 2.24) is 0 Å². The first-order valence-electron chi connectivity index (χ1n) is 5.76. The maximum absolute atomic E-state index is 11.5. The van der Waals surface area contributed by atoms with Crippen molar-refractivity contribution < 1.29 is 9.60 Å². The molecule has 0 aromatic heterocycles. The van der Waals surface area contributed by atoms with E-state index in [1.807, 2.05) is 58.0 Å². The molecule has 0 amide bonds. The Morgan fingerprint density at radius 2 is 1.88 bits per heavy atom. The predicted molar refractivity (Wildman–Crippen MR) is 67.2 cm³/mol. The van der Waals surface area contributed by atoms with Gasteiger partial charge in [0.05, 0.1) is 0 Å². The second-order valence-corrected chi connectivity index (χ2v) is 5.05. The molecule has 1 aromatic carbocycles. The second kappa shape index (κ2) is 5.66. The van der Waals surface area contributed by atoms with Gasteiger partial charge in [-0.2, -0.15) is 0 Å². The Hall–Kier alpha value is -1.58. The third kappa shape index (κ3) is 5.90. The molecular weight excluding hydrogens is 216 g/mol. The van der Waals surface area contributed by atoms with Crippen LogP contribution in [-0.2, 0) is 0 Å². The fourth-order valence-corrected chi connectivity index (χ4v) is 1.36. The van der Waals surface area contributed by atoms with E-state index in [1.165, 1.54) is 0 Å². The molecule has 0 aliphatic rings. The average molecular weight is 236 g/mol. The van der Waals surface area contributed by atoms with Crippen molar-refractivity contribution in [3.63, 3.8) is 0 Å². The van der Waals surface area contributed by atoms with E-state index in [0.717, 1.165) is 5.75 Å². The van der Waals surface area contributed by atoms with Crippen LogP contribution in [-0.4, -0.2) is 23.0 Å². The fourth-order valence-electron chi connectivity index (χ4n) is 1.36. The molecule has 4 heteroatoms. The van der Waals surface area contributed by atoms with Crippen molar-refractivity contribution in [2.24, 2.45) is 5.11 Å². The van der Waals surface area contributed by atoms with Gasteiger partial charge in [-0.25, -0.2) is 0 Å². The molecule has 0 fully saturated rings. The summed E-state index contributed by atoms with van der Waals surface area (Å²) in [6.07, 6.45) is -0.194. The second-order valence-electron chi connectivity index (χ2n) is 5.05. The van der Waals surface area contributed by atoms with Gasteiger partial charge in [-0.1, -0.05) is 23.1 Å². The number of benzene rings is 1. The molecular formula is C13H20N2O2. The minimum Gasteiger partial charge on any atom is -0.600 e. The molecule has 4 nitrogen and oxygen atoms in total. The average Bonchev–Trinajstić information content (AvgIpc) is 2.15. The number of hydrogen-bond acceptors (Lipinski definition) is 3. The van der Waals surface area contributed by atoms with Gasteiger partial charge in [-0.3, -0.25) is 0 Å². The summed E-state index contributed by atoms with van der Waals surface area (Å²) >= 11 is 0. The van der Waals surface area contributed by atoms with Crippen LogP contribution in [0.15, 0.2) is 35.4 Å². The Bertz CT molecular complexity index is 369. The molecule has 0 spiro atoms. The molecule has 0 saturated carbocycles. The number of nitrogens with zero attached hydrogens (tertiary/aromatic N) is 2. The van der Waals surface area contributed by atoms with Gasteiger partial charge >= 0.3 is 0 Å². The Morgan fingerprint density at radius 3 is 2.41 bits per heavy atom. The number of hydrogen-bond donors (Lipinski definition) is 0. The third-order valence-electron chi connectivity index (χ3n) is 1.91. The zero-order chi connectivity index (χ0) is 12.9. The van der Waals surface area contributed by atoms with Gasteiger partial charge < -0.3 is 9.94 Å². The van der Waals surface area contributed by atoms with Gasteiger partial charge in [-0.15, -0.1) is 0 Å². The first-order valence-corrected chi connectivity index (χ1v) is 5.76. The molecule has 94 valence electrons. The minimum absolute atomic E-state index is 0.194. The largest absolute Gasteiger partial charge is 0.600 e. The third-order valence-corrected chi connectivity index (χ3v) is 1.91. The van der Waals surface area contributed by atoms with Crippen molar-refractivity contribution in [3.8, 4) is 5.75 Å². The van der Waals surface area contributed by atoms with Crippen LogP contribution in [0.3, 0.4) is 0 Å². The van der Waals surface area contributed by atoms with Crippen LogP contribution in [0.5, 0.6) is 5.75 Å². The van der Waals surface area contributed by atoms with E-state index in [2.05, 4.69) is 5.11 Å². The van der Waals surface area contributed by atoms with Gasteiger partial charge in [-0.05, 0) is 44.9 Å². The summed E-state index contributed by atoms with van der Waals surface area (Å²) in [5.74, 6) is 0.768. The van der Waals surface area contributed by atoms with Gasteiger partial charge in [0, 0.05) is 0 Å². The Kier molecular flexibility index (Phi) is 4.49. The van der Waals surface area contributed by atoms with Crippen LogP contribution in [0.4, 0.5) is 0 Å². The molecule has 1 unspecified atom stereocenters. The van der Waals surface area contributed by atoms with Gasteiger partial charge in [0.2, 0.25) is 6.54 Å². The fraction of sp³-hybridized carbons (Fsp3) is 0.538. The highest BCUT2D eigenvalue weighted by atomic mass is 16.5. The lowest BCUT2D eigenvalue weighted by Crippen LogP contribution is -2.25. The lowest BCUT2D eigenvalue weighted by molar-refractivity contribution is -0.542. The quantitative estimate of drug-likeness (QED) is 0.458. The van der Waals surface area contributed by atoms with Crippen LogP contribution >= 0.6 is 0 Å². The van der Waals surface area contributed by atoms with E-state index < -0.39 is 0 Å². The minimum atomic E-state index is -0.353. The summed E-state index contributed by atoms with van der Waals surface area (Å²) in [6, 6.07) is 9.46. The molecule has 0 saturated heterocycles. The monoisotopic (exact) mass is 236 g/mol. The summed E-state index contributed by atoms with van der Waals surface area (Å²) in [5, 5.41) is 15.5. The molecule has 0 aliphatic carbocycles. The summed E-state index contributed by atoms with van der Waals surface area (Å²) < 4.78 is 5.60. The summed E-state index contributed by atoms with van der Waals surface area (Å²) in [7, 11) is 0. The lowest BCUT2D eigenvalue weighted by Gasteiger charge is -2.15. The van der Waals surface area contributed by atoms with Crippen LogP contribution in [0, 0.1) is 5.21 Å². The maximum Gasteiger partial charge on any atom is 0.216 e. The smallest absolute Gasteiger partial charge is 0.216 e. The molecule has 0 aliphatic heterocycles. The topological polar surface area (TPSA) is 47.7 Å². The van der Waals surface area contributed by atoms with E-state index >= 15 is 0 Å². The highest BCUT2D eigenvalue weighted by Crippen LogP contribution is 2.11. The number of rotatable bonds is 4. The maximum atomic E-state index is 11.5. The highest BCUT2D eigenvalue weighted by Gasteiger charge is 2.15. The number of hydroxylamine groups is 1. The first kappa shape index (κ1) is 13.5. The molecule has 0 bridgehead atoms. The van der Waals surface area contributed by atoms with E-state index in [9.17, 15) is 5.21 Å². The van der Waals surface area contributed by atoms with Crippen LogP contribution in [0.2, 0.25) is 0 Å². The number of ether oxygens (including phenoxy) is 1. The van der Waals surface area contributed by atoms with Crippen LogP contribution in [0.25, 0.3) is 0 Å². The molecule has 17 heavy (non-hydrogen) atoms. The molecule has 0 heterocycles. The molecule has 1 rings (SSSR count). The SMILES string of the molecule is CC(C/[N+]([O-])=N/C(C)(C)C)Oc1ccccc1. The van der Waals surface area contributed by atoms with Crippen molar-refractivity contribution in [2.75, 3.05) is 6.54 Å². The zero-order valence-corrected chi connectivity index (χ0v) is 10.9. The van der Waals surface area contributed by atoms with Gasteiger partial charge in [0.1, 0.15) is 11.3 Å². The Balaban J connectivity index is 2.50. The molecule has 1 atom stereocenters. The lowest BCUT2D eigenvalue weighted by atomic mass is 10.1. The standard InChI is InChI=1S/C13H20N2O2/c1-11(10-15(16)14-13(2,3)4)17-12-8-6-5-7-9-12/h5-9,11H,10H2,1-4H3/b15-14-. The molecule has 0 radical (unpaired) electrons. The van der Waals surface area contributed by atoms with Gasteiger partial charge in [0.15, 0.2) is 6.10 Å². The Morgan fingerprint density at radius 1 is 1.29 bits per heavy atom. The predicted octanol–water partition coefficient (Wildman–Crippen LogP) is 3.21. The summed E-state index contributed by atoms with van der Waals surface area (Å²) in [4.78, 5) is 0.702. The Labute approximate surface area is 103 Å². The summed E-state index contributed by atoms with van der Waals surface area (Å²) in [5.41, 5.74) is -0.353. The van der Waals surface area contributed by atoms with E-state index in [4.69, 9.17) is 4.74 Å². The van der Waals surface area contributed by atoms with E-state index in [1.54, 1.807) is 0 Å². The van der Waals surface area contributed by atoms with Crippen LogP contribution in [0.1, 0.15) is 27.7 Å². The molecule has 1 aromatic rings. The van der Waals surface area contributed by atoms with Crippen molar-refractivity contribution in [3.05, 3.63) is 35.5 Å². The van der Waals surface area contributed by atoms with Crippen LogP contribution < -0.4 is 4.74 Å². The highest BCUT2D eigenvalue weighted by molar-refractivity contribution is 5.21. The van der Waals surface area contributed by atoms with Crippen molar-refractivity contribution in [1.29, 1.82) is 0 Å². The van der Waals surface area contributed by atoms with Gasteiger partial charge in [0.25, 0.3) is 0 Å². The number of para-hydroxylation sites is 1. The number of azo groups is 1. The summed E-state index contributed by atoms with van der Waals surface area (Å²) in [6.45, 7) is 7.75. The molecule has 0 N–H and O–H groups in total. The van der Waals surface area contributed by atoms with E-state index in [0.29, 0.717) is 4.86 Å². The first-order chi connectivity index (χ1) is 7.87.